The zero-order chi connectivity index (χ0) is 25.1. The van der Waals surface area contributed by atoms with E-state index in [9.17, 15) is 9.59 Å². The minimum atomic E-state index is -0.350. The minimum absolute atomic E-state index is 0.187. The predicted octanol–water partition coefficient (Wildman–Crippen LogP) is 3.99. The van der Waals surface area contributed by atoms with Crippen molar-refractivity contribution in [2.75, 3.05) is 39.9 Å². The van der Waals surface area contributed by atoms with Gasteiger partial charge in [-0.25, -0.2) is 14.3 Å². The molecule has 1 aliphatic rings. The van der Waals surface area contributed by atoms with E-state index in [1.165, 1.54) is 0 Å². The summed E-state index contributed by atoms with van der Waals surface area (Å²) in [6.07, 6.45) is -0.350. The second-order valence-electron chi connectivity index (χ2n) is 8.40. The third-order valence-electron chi connectivity index (χ3n) is 6.17. The quantitative estimate of drug-likeness (QED) is 0.425. The lowest BCUT2D eigenvalue weighted by atomic mass is 10.1. The second kappa shape index (κ2) is 10.1. The molecule has 1 aliphatic heterocycles. The highest BCUT2D eigenvalue weighted by Gasteiger charge is 2.27. The summed E-state index contributed by atoms with van der Waals surface area (Å²) in [7, 11) is 1.62. The third-order valence-corrected chi connectivity index (χ3v) is 6.17. The first kappa shape index (κ1) is 23.3. The number of amides is 2. The highest BCUT2D eigenvalue weighted by Crippen LogP contribution is 2.28. The summed E-state index contributed by atoms with van der Waals surface area (Å²) >= 11 is 0. The largest absolute Gasteiger partial charge is 0.497 e. The molecule has 2 aromatic carbocycles. The molecule has 36 heavy (non-hydrogen) atoms. The fourth-order valence-corrected chi connectivity index (χ4v) is 4.29. The summed E-state index contributed by atoms with van der Waals surface area (Å²) in [5.41, 5.74) is 4.20. The molecule has 0 spiro atoms. The van der Waals surface area contributed by atoms with Gasteiger partial charge in [0.2, 0.25) is 0 Å². The number of hydrogen-bond donors (Lipinski definition) is 0. The van der Waals surface area contributed by atoms with E-state index in [1.807, 2.05) is 60.7 Å². The average molecular weight is 486 g/mol. The number of rotatable bonds is 5. The van der Waals surface area contributed by atoms with Gasteiger partial charge in [-0.15, -0.1) is 0 Å². The molecule has 2 aromatic heterocycles. The van der Waals surface area contributed by atoms with Crippen LogP contribution < -0.4 is 4.74 Å². The van der Waals surface area contributed by atoms with Crippen molar-refractivity contribution in [3.8, 4) is 28.3 Å². The topological polar surface area (TPSA) is 89.3 Å². The first-order chi connectivity index (χ1) is 17.6. The molecule has 0 aliphatic carbocycles. The van der Waals surface area contributed by atoms with Crippen molar-refractivity contribution in [3.63, 3.8) is 0 Å². The van der Waals surface area contributed by atoms with Gasteiger partial charge in [-0.3, -0.25) is 4.79 Å². The van der Waals surface area contributed by atoms with E-state index in [0.29, 0.717) is 49.9 Å². The van der Waals surface area contributed by atoms with Crippen LogP contribution in [-0.2, 0) is 4.74 Å². The number of ether oxygens (including phenoxy) is 2. The van der Waals surface area contributed by atoms with Crippen molar-refractivity contribution in [2.24, 2.45) is 0 Å². The number of piperazine rings is 1. The molecule has 5 rings (SSSR count). The Morgan fingerprint density at radius 3 is 2.33 bits per heavy atom. The number of methoxy groups -OCH3 is 1. The average Bonchev–Trinajstić information content (AvgIpc) is 3.37. The van der Waals surface area contributed by atoms with E-state index >= 15 is 0 Å². The molecule has 9 nitrogen and oxygen atoms in total. The van der Waals surface area contributed by atoms with Gasteiger partial charge in [0.25, 0.3) is 5.91 Å². The number of fused-ring (bicyclic) bond motifs is 1. The molecule has 0 unspecified atom stereocenters. The van der Waals surface area contributed by atoms with Crippen molar-refractivity contribution in [2.45, 2.75) is 6.92 Å². The van der Waals surface area contributed by atoms with Crippen molar-refractivity contribution in [1.82, 2.24) is 24.4 Å². The molecular formula is C27H27N5O4. The maximum atomic E-state index is 13.5. The predicted molar refractivity (Wildman–Crippen MR) is 135 cm³/mol. The smallest absolute Gasteiger partial charge is 0.409 e. The molecule has 0 radical (unpaired) electrons. The van der Waals surface area contributed by atoms with Crippen molar-refractivity contribution < 1.29 is 19.1 Å². The Morgan fingerprint density at radius 1 is 0.889 bits per heavy atom. The zero-order valence-corrected chi connectivity index (χ0v) is 20.3. The van der Waals surface area contributed by atoms with E-state index in [1.54, 1.807) is 34.4 Å². The monoisotopic (exact) mass is 485 g/mol. The number of benzene rings is 2. The van der Waals surface area contributed by atoms with Gasteiger partial charge in [-0.05, 0) is 25.1 Å². The van der Waals surface area contributed by atoms with Crippen LogP contribution in [0.3, 0.4) is 0 Å². The summed E-state index contributed by atoms with van der Waals surface area (Å²) in [4.78, 5) is 33.6. The Morgan fingerprint density at radius 2 is 1.61 bits per heavy atom. The fourth-order valence-electron chi connectivity index (χ4n) is 4.29. The van der Waals surface area contributed by atoms with E-state index in [2.05, 4.69) is 4.98 Å². The highest BCUT2D eigenvalue weighted by atomic mass is 16.6. The maximum absolute atomic E-state index is 13.5. The van der Waals surface area contributed by atoms with Gasteiger partial charge in [0.05, 0.1) is 25.1 Å². The second-order valence-corrected chi connectivity index (χ2v) is 8.40. The van der Waals surface area contributed by atoms with Gasteiger partial charge in [-0.1, -0.05) is 42.5 Å². The third kappa shape index (κ3) is 4.59. The Balaban J connectivity index is 1.52. The molecule has 0 atom stereocenters. The fraction of sp³-hybridized carbons (Fsp3) is 0.259. The SMILES string of the molecule is CCOC(=O)N1CCN(C(=O)c2cc(-c3cccc(OC)c3)n3nc(-c4ccccc4)cc3n2)CC1. The molecule has 9 heteroatoms. The highest BCUT2D eigenvalue weighted by molar-refractivity contribution is 5.94. The van der Waals surface area contributed by atoms with E-state index in [0.717, 1.165) is 22.5 Å². The molecule has 0 bridgehead atoms. The molecule has 3 heterocycles. The molecule has 0 N–H and O–H groups in total. The lowest BCUT2D eigenvalue weighted by molar-refractivity contribution is 0.0566. The maximum Gasteiger partial charge on any atom is 0.409 e. The standard InChI is InChI=1S/C27H27N5O4/c1-3-36-27(34)31-14-12-30(13-15-31)26(33)23-17-24(20-10-7-11-21(16-20)35-2)32-25(28-23)18-22(29-32)19-8-5-4-6-9-19/h4-11,16-18H,3,12-15H2,1-2H3. The molecule has 1 saturated heterocycles. The number of nitrogens with zero attached hydrogens (tertiary/aromatic N) is 5. The number of carbonyl (C=O) groups is 2. The first-order valence-electron chi connectivity index (χ1n) is 11.9. The van der Waals surface area contributed by atoms with Crippen LogP contribution in [0.5, 0.6) is 5.75 Å². The molecular weight excluding hydrogens is 458 g/mol. The van der Waals surface area contributed by atoms with Gasteiger partial charge in [-0.2, -0.15) is 5.10 Å². The van der Waals surface area contributed by atoms with Crippen LogP contribution >= 0.6 is 0 Å². The Kier molecular flexibility index (Phi) is 6.53. The van der Waals surface area contributed by atoms with Crippen molar-refractivity contribution in [3.05, 3.63) is 72.4 Å². The van der Waals surface area contributed by atoms with Gasteiger partial charge in [0, 0.05) is 43.4 Å². The number of aromatic nitrogens is 3. The molecule has 1 fully saturated rings. The van der Waals surface area contributed by atoms with Crippen molar-refractivity contribution >= 4 is 17.6 Å². The van der Waals surface area contributed by atoms with Crippen LogP contribution in [0.4, 0.5) is 4.79 Å². The van der Waals surface area contributed by atoms with Crippen LogP contribution in [0.2, 0.25) is 0 Å². The Bertz CT molecular complexity index is 1390. The van der Waals surface area contributed by atoms with Crippen molar-refractivity contribution in [1.29, 1.82) is 0 Å². The summed E-state index contributed by atoms with van der Waals surface area (Å²) in [6.45, 7) is 3.76. The summed E-state index contributed by atoms with van der Waals surface area (Å²) < 4.78 is 12.3. The lowest BCUT2D eigenvalue weighted by Crippen LogP contribution is -2.50. The van der Waals surface area contributed by atoms with Gasteiger partial charge in [0.15, 0.2) is 5.65 Å². The van der Waals surface area contributed by atoms with E-state index in [-0.39, 0.29) is 12.0 Å². The minimum Gasteiger partial charge on any atom is -0.497 e. The molecule has 4 aromatic rings. The van der Waals surface area contributed by atoms with Crippen LogP contribution in [0.15, 0.2) is 66.7 Å². The summed E-state index contributed by atoms with van der Waals surface area (Å²) in [6, 6.07) is 21.1. The molecule has 184 valence electrons. The van der Waals surface area contributed by atoms with Gasteiger partial charge >= 0.3 is 6.09 Å². The van der Waals surface area contributed by atoms with E-state index in [4.69, 9.17) is 14.6 Å². The van der Waals surface area contributed by atoms with Crippen LogP contribution in [0.1, 0.15) is 17.4 Å². The normalized spacial score (nSPS) is 13.6. The van der Waals surface area contributed by atoms with Gasteiger partial charge < -0.3 is 19.3 Å². The number of hydrogen-bond acceptors (Lipinski definition) is 6. The lowest BCUT2D eigenvalue weighted by Gasteiger charge is -2.33. The van der Waals surface area contributed by atoms with Crippen LogP contribution in [0.25, 0.3) is 28.2 Å². The Labute approximate surface area is 208 Å². The zero-order valence-electron chi connectivity index (χ0n) is 20.3. The number of carbonyl (C=O) groups excluding carboxylic acids is 2. The first-order valence-corrected chi connectivity index (χ1v) is 11.9. The molecule has 2 amide bonds. The summed E-state index contributed by atoms with van der Waals surface area (Å²) in [5, 5.41) is 4.80. The van der Waals surface area contributed by atoms with Crippen LogP contribution in [-0.4, -0.2) is 76.3 Å². The summed E-state index contributed by atoms with van der Waals surface area (Å²) in [5.74, 6) is 0.517. The van der Waals surface area contributed by atoms with E-state index < -0.39 is 0 Å². The molecule has 0 saturated carbocycles. The van der Waals surface area contributed by atoms with Gasteiger partial charge in [0.1, 0.15) is 11.4 Å². The van der Waals surface area contributed by atoms with Crippen LogP contribution in [0, 0.1) is 0 Å². The Hall–Kier alpha value is -4.40.